The van der Waals surface area contributed by atoms with Crippen LogP contribution in [0.5, 0.6) is 5.75 Å². The summed E-state index contributed by atoms with van der Waals surface area (Å²) in [5.41, 5.74) is 2.59. The predicted octanol–water partition coefficient (Wildman–Crippen LogP) is 5.99. The summed E-state index contributed by atoms with van der Waals surface area (Å²) < 4.78 is 61.8. The summed E-state index contributed by atoms with van der Waals surface area (Å²) in [5.74, 6) is 1.34. The molecule has 5 atom stereocenters. The zero-order chi connectivity index (χ0) is 30.5. The third kappa shape index (κ3) is 10.3. The fourth-order valence-electron chi connectivity index (χ4n) is 4.92. The fraction of sp³-hybridized carbons (Fsp3) is 0.455. The van der Waals surface area contributed by atoms with Crippen molar-refractivity contribution in [1.29, 1.82) is 0 Å². The standard InChI is InChI=1S/C33H42O8S2/c1-4-40-43(34,35)21-20-29-30(37-24-27-16-18-28(36-3)19-17-27)31(38-22-25-12-8-6-9-13-25)32(33(41-29)42-5-2)39-23-26-14-10-7-11-15-26/h6-19,29-33H,4-5,20-24H2,1-3H3/t29-,30-,31+,32-,33-/m1/s1. The molecule has 1 fully saturated rings. The first kappa shape index (κ1) is 33.5. The van der Waals surface area contributed by atoms with Crippen LogP contribution in [0.15, 0.2) is 84.9 Å². The van der Waals surface area contributed by atoms with Gasteiger partial charge in [0.15, 0.2) is 0 Å². The third-order valence-corrected chi connectivity index (χ3v) is 9.42. The molecule has 1 heterocycles. The summed E-state index contributed by atoms with van der Waals surface area (Å²) in [4.78, 5) is 0. The molecule has 0 unspecified atom stereocenters. The lowest BCUT2D eigenvalue weighted by molar-refractivity contribution is -0.246. The average Bonchev–Trinajstić information content (AvgIpc) is 3.03. The van der Waals surface area contributed by atoms with E-state index in [9.17, 15) is 8.42 Å². The van der Waals surface area contributed by atoms with Crippen molar-refractivity contribution in [3.63, 3.8) is 0 Å². The molecule has 43 heavy (non-hydrogen) atoms. The lowest BCUT2D eigenvalue weighted by Gasteiger charge is -2.46. The van der Waals surface area contributed by atoms with Crippen LogP contribution in [0.4, 0.5) is 0 Å². The van der Waals surface area contributed by atoms with Gasteiger partial charge in [0.05, 0.1) is 45.4 Å². The fourth-order valence-corrected chi connectivity index (χ4v) is 6.89. The van der Waals surface area contributed by atoms with Crippen molar-refractivity contribution in [1.82, 2.24) is 0 Å². The van der Waals surface area contributed by atoms with Crippen LogP contribution in [-0.2, 0) is 53.1 Å². The summed E-state index contributed by atoms with van der Waals surface area (Å²) in [6.07, 6.45) is -2.02. The van der Waals surface area contributed by atoms with E-state index in [2.05, 4.69) is 6.92 Å². The minimum atomic E-state index is -3.72. The van der Waals surface area contributed by atoms with Crippen LogP contribution >= 0.6 is 11.8 Å². The van der Waals surface area contributed by atoms with E-state index in [0.29, 0.717) is 13.2 Å². The first-order valence-electron chi connectivity index (χ1n) is 14.6. The molecule has 0 aromatic heterocycles. The molecule has 3 aromatic carbocycles. The molecule has 1 aliphatic rings. The second kappa shape index (κ2) is 17.2. The van der Waals surface area contributed by atoms with Gasteiger partial charge in [-0.2, -0.15) is 8.42 Å². The summed E-state index contributed by atoms with van der Waals surface area (Å²) in [7, 11) is -2.09. The van der Waals surface area contributed by atoms with Gasteiger partial charge in [-0.3, -0.25) is 4.18 Å². The molecule has 0 aliphatic carbocycles. The van der Waals surface area contributed by atoms with Crippen LogP contribution in [0, 0.1) is 0 Å². The van der Waals surface area contributed by atoms with E-state index < -0.39 is 40.0 Å². The second-order valence-corrected chi connectivity index (χ2v) is 13.2. The Labute approximate surface area is 260 Å². The molecule has 4 rings (SSSR count). The highest BCUT2D eigenvalue weighted by Crippen LogP contribution is 2.36. The molecule has 1 saturated heterocycles. The first-order chi connectivity index (χ1) is 20.9. The average molecular weight is 631 g/mol. The van der Waals surface area contributed by atoms with Crippen molar-refractivity contribution in [2.45, 2.75) is 69.9 Å². The smallest absolute Gasteiger partial charge is 0.267 e. The third-order valence-electron chi connectivity index (χ3n) is 7.04. The van der Waals surface area contributed by atoms with E-state index in [0.717, 1.165) is 28.2 Å². The molecule has 0 saturated carbocycles. The topological polar surface area (TPSA) is 89.5 Å². The van der Waals surface area contributed by atoms with Crippen LogP contribution in [0.25, 0.3) is 0 Å². The normalized spacial score (nSPS) is 22.3. The molecular formula is C33H42O8S2. The summed E-state index contributed by atoms with van der Waals surface area (Å²) in [6.45, 7) is 4.78. The van der Waals surface area contributed by atoms with Gasteiger partial charge in [0.25, 0.3) is 10.1 Å². The van der Waals surface area contributed by atoms with Gasteiger partial charge >= 0.3 is 0 Å². The molecule has 0 spiro atoms. The van der Waals surface area contributed by atoms with Gasteiger partial charge in [0.2, 0.25) is 0 Å². The van der Waals surface area contributed by atoms with Crippen molar-refractivity contribution in [2.75, 3.05) is 25.2 Å². The van der Waals surface area contributed by atoms with E-state index in [4.69, 9.17) is 27.9 Å². The van der Waals surface area contributed by atoms with Crippen molar-refractivity contribution in [3.8, 4) is 5.75 Å². The van der Waals surface area contributed by atoms with Gasteiger partial charge in [-0.1, -0.05) is 79.7 Å². The van der Waals surface area contributed by atoms with E-state index in [1.54, 1.807) is 25.8 Å². The molecule has 0 amide bonds. The lowest BCUT2D eigenvalue weighted by atomic mass is 9.97. The molecular weight excluding hydrogens is 588 g/mol. The minimum Gasteiger partial charge on any atom is -0.497 e. The van der Waals surface area contributed by atoms with Crippen LogP contribution in [-0.4, -0.2) is 63.5 Å². The first-order valence-corrected chi connectivity index (χ1v) is 17.2. The number of benzene rings is 3. The minimum absolute atomic E-state index is 0.0811. The maximum Gasteiger partial charge on any atom is 0.267 e. The van der Waals surface area contributed by atoms with Crippen molar-refractivity contribution in [3.05, 3.63) is 102 Å². The molecule has 0 bridgehead atoms. The van der Waals surface area contributed by atoms with E-state index >= 15 is 0 Å². The van der Waals surface area contributed by atoms with E-state index in [1.165, 1.54) is 0 Å². The van der Waals surface area contributed by atoms with Gasteiger partial charge in [0.1, 0.15) is 29.5 Å². The number of hydrogen-bond acceptors (Lipinski definition) is 9. The van der Waals surface area contributed by atoms with E-state index in [1.807, 2.05) is 84.9 Å². The molecule has 3 aromatic rings. The number of thioether (sulfide) groups is 1. The number of methoxy groups -OCH3 is 1. The Hall–Kier alpha value is -2.44. The highest BCUT2D eigenvalue weighted by molar-refractivity contribution is 7.99. The summed E-state index contributed by atoms with van der Waals surface area (Å²) in [6, 6.07) is 27.5. The molecule has 234 valence electrons. The van der Waals surface area contributed by atoms with Crippen molar-refractivity contribution >= 4 is 21.9 Å². The van der Waals surface area contributed by atoms with Crippen LogP contribution in [0.1, 0.15) is 37.0 Å². The van der Waals surface area contributed by atoms with Crippen molar-refractivity contribution < 1.29 is 36.3 Å². The SMILES string of the molecule is CCOS(=O)(=O)CC[C@H]1O[C@H](SCC)[C@H](OCc2ccccc2)[C@@H](OCc2ccccc2)[C@@H]1OCc1ccc(OC)cc1. The molecule has 0 N–H and O–H groups in total. The molecule has 1 aliphatic heterocycles. The highest BCUT2D eigenvalue weighted by Gasteiger charge is 2.48. The van der Waals surface area contributed by atoms with Gasteiger partial charge in [-0.15, -0.1) is 11.8 Å². The summed E-state index contributed by atoms with van der Waals surface area (Å²) in [5, 5.41) is 0. The van der Waals surface area contributed by atoms with Crippen LogP contribution < -0.4 is 4.74 Å². The quantitative estimate of drug-likeness (QED) is 0.167. The van der Waals surface area contributed by atoms with E-state index in [-0.39, 0.29) is 25.4 Å². The zero-order valence-corrected chi connectivity index (χ0v) is 26.6. The van der Waals surface area contributed by atoms with Crippen LogP contribution in [0.2, 0.25) is 0 Å². The summed E-state index contributed by atoms with van der Waals surface area (Å²) >= 11 is 1.61. The van der Waals surface area contributed by atoms with Gasteiger partial charge in [-0.05, 0) is 47.9 Å². The maximum absolute atomic E-state index is 12.6. The van der Waals surface area contributed by atoms with Crippen LogP contribution in [0.3, 0.4) is 0 Å². The van der Waals surface area contributed by atoms with Gasteiger partial charge < -0.3 is 23.7 Å². The Morgan fingerprint density at radius 2 is 1.26 bits per heavy atom. The molecule has 0 radical (unpaired) electrons. The van der Waals surface area contributed by atoms with Gasteiger partial charge in [0, 0.05) is 0 Å². The number of hydrogen-bond donors (Lipinski definition) is 0. The lowest BCUT2D eigenvalue weighted by Crippen LogP contribution is -2.59. The largest absolute Gasteiger partial charge is 0.497 e. The Bertz CT molecular complexity index is 1310. The van der Waals surface area contributed by atoms with Gasteiger partial charge in [-0.25, -0.2) is 0 Å². The van der Waals surface area contributed by atoms with Crippen molar-refractivity contribution in [2.24, 2.45) is 0 Å². The Kier molecular flexibility index (Phi) is 13.3. The molecule has 10 heteroatoms. The Morgan fingerprint density at radius 3 is 1.79 bits per heavy atom. The zero-order valence-electron chi connectivity index (χ0n) is 25.0. The Balaban J connectivity index is 1.64. The Morgan fingerprint density at radius 1 is 0.721 bits per heavy atom. The highest BCUT2D eigenvalue weighted by atomic mass is 32.2. The number of rotatable bonds is 17. The monoisotopic (exact) mass is 630 g/mol. The second-order valence-electron chi connectivity index (χ2n) is 10.1. The maximum atomic E-state index is 12.6. The number of ether oxygens (including phenoxy) is 5. The molecule has 8 nitrogen and oxygen atoms in total. The predicted molar refractivity (Wildman–Crippen MR) is 168 cm³/mol.